The molecule has 1 aliphatic heterocycles. The molecule has 1 saturated heterocycles. The first-order valence-electron chi connectivity index (χ1n) is 10.7. The molecule has 5 heteroatoms. The molecule has 1 saturated carbocycles. The van der Waals surface area contributed by atoms with E-state index < -0.39 is 0 Å². The average Bonchev–Trinajstić information content (AvgIpc) is 3.42. The molecule has 2 fully saturated rings. The minimum Gasteiger partial charge on any atom is -0.494 e. The van der Waals surface area contributed by atoms with Gasteiger partial charge in [0, 0.05) is 31.5 Å². The summed E-state index contributed by atoms with van der Waals surface area (Å²) in [5.41, 5.74) is 2.20. The zero-order chi connectivity index (χ0) is 19.6. The molecule has 1 aliphatic carbocycles. The van der Waals surface area contributed by atoms with Gasteiger partial charge < -0.3 is 14.2 Å². The highest BCUT2D eigenvalue weighted by Crippen LogP contribution is 2.37. The van der Waals surface area contributed by atoms with E-state index in [1.807, 2.05) is 36.4 Å². The number of unbranched alkanes of at least 4 members (excludes halogenated alkanes) is 1. The Balaban J connectivity index is 1.27. The van der Waals surface area contributed by atoms with Crippen LogP contribution in [0.2, 0.25) is 0 Å². The number of nitrogens with zero attached hydrogens (tertiary/aromatic N) is 3. The summed E-state index contributed by atoms with van der Waals surface area (Å²) in [5.74, 6) is 2.50. The van der Waals surface area contributed by atoms with E-state index in [-0.39, 0.29) is 5.92 Å². The predicted molar refractivity (Wildman–Crippen MR) is 113 cm³/mol. The average molecular weight is 389 g/mol. The summed E-state index contributed by atoms with van der Waals surface area (Å²) in [6, 6.07) is 18.8. The number of carbonyl (C=O) groups excluding carboxylic acids is 1. The Hall–Kier alpha value is -2.82. The fourth-order valence-electron chi connectivity index (χ4n) is 4.36. The molecule has 150 valence electrons. The van der Waals surface area contributed by atoms with Gasteiger partial charge in [0.15, 0.2) is 0 Å². The van der Waals surface area contributed by atoms with E-state index in [9.17, 15) is 4.79 Å². The van der Waals surface area contributed by atoms with Gasteiger partial charge in [-0.25, -0.2) is 4.98 Å². The molecule has 0 bridgehead atoms. The maximum atomic E-state index is 12.5. The Bertz CT molecular complexity index is 994. The van der Waals surface area contributed by atoms with Gasteiger partial charge >= 0.3 is 0 Å². The number of aryl methyl sites for hydroxylation is 1. The molecule has 2 aromatic carbocycles. The van der Waals surface area contributed by atoms with Gasteiger partial charge in [-0.3, -0.25) is 4.79 Å². The second-order valence-electron chi connectivity index (χ2n) is 8.16. The molecular formula is C24H27N3O2. The van der Waals surface area contributed by atoms with Crippen molar-refractivity contribution in [3.8, 4) is 5.75 Å². The van der Waals surface area contributed by atoms with E-state index >= 15 is 0 Å². The molecule has 3 aromatic rings. The van der Waals surface area contributed by atoms with Crippen molar-refractivity contribution in [1.82, 2.24) is 14.5 Å². The molecule has 1 atom stereocenters. The minimum absolute atomic E-state index is 0.205. The quantitative estimate of drug-likeness (QED) is 0.538. The summed E-state index contributed by atoms with van der Waals surface area (Å²) in [6.45, 7) is 2.44. The fourth-order valence-corrected chi connectivity index (χ4v) is 4.36. The lowest BCUT2D eigenvalue weighted by molar-refractivity contribution is -0.128. The maximum absolute atomic E-state index is 12.5. The molecular weight excluding hydrogens is 362 g/mol. The summed E-state index contributed by atoms with van der Waals surface area (Å²) in [4.78, 5) is 19.5. The van der Waals surface area contributed by atoms with Gasteiger partial charge in [0.05, 0.1) is 17.6 Å². The van der Waals surface area contributed by atoms with Crippen LogP contribution in [0, 0.1) is 0 Å². The first-order valence-corrected chi connectivity index (χ1v) is 10.7. The third kappa shape index (κ3) is 3.86. The monoisotopic (exact) mass is 389 g/mol. The summed E-state index contributed by atoms with van der Waals surface area (Å²) < 4.78 is 8.17. The van der Waals surface area contributed by atoms with Crippen LogP contribution in [0.25, 0.3) is 11.0 Å². The Morgan fingerprint density at radius 1 is 1.00 bits per heavy atom. The van der Waals surface area contributed by atoms with Crippen LogP contribution in [0.4, 0.5) is 0 Å². The van der Waals surface area contributed by atoms with E-state index in [1.54, 1.807) is 0 Å². The SMILES string of the molecule is O=C1CC(c2nc3ccccc3n2CCCCOc2ccccc2)CN1C1CC1. The lowest BCUT2D eigenvalue weighted by Gasteiger charge is -2.16. The molecule has 5 rings (SSSR count). The Morgan fingerprint density at radius 3 is 2.62 bits per heavy atom. The molecule has 1 amide bonds. The molecule has 5 nitrogen and oxygen atoms in total. The smallest absolute Gasteiger partial charge is 0.223 e. The molecule has 29 heavy (non-hydrogen) atoms. The number of hydrogen-bond donors (Lipinski definition) is 0. The van der Waals surface area contributed by atoms with E-state index in [2.05, 4.69) is 27.7 Å². The Kier molecular flexibility index (Phi) is 4.96. The van der Waals surface area contributed by atoms with Crippen LogP contribution < -0.4 is 4.74 Å². The second kappa shape index (κ2) is 7.90. The Morgan fingerprint density at radius 2 is 1.79 bits per heavy atom. The normalized spacial score (nSPS) is 19.2. The fraction of sp³-hybridized carbons (Fsp3) is 0.417. The van der Waals surface area contributed by atoms with Gasteiger partial charge in [-0.1, -0.05) is 30.3 Å². The molecule has 2 aliphatic rings. The van der Waals surface area contributed by atoms with Gasteiger partial charge in [0.2, 0.25) is 5.91 Å². The van der Waals surface area contributed by atoms with Gasteiger partial charge in [0.25, 0.3) is 0 Å². The summed E-state index contributed by atoms with van der Waals surface area (Å²) in [7, 11) is 0. The first-order chi connectivity index (χ1) is 14.3. The number of hydrogen-bond acceptors (Lipinski definition) is 3. The molecule has 1 unspecified atom stereocenters. The number of benzene rings is 2. The van der Waals surface area contributed by atoms with Crippen molar-refractivity contribution in [3.05, 3.63) is 60.4 Å². The van der Waals surface area contributed by atoms with Crippen LogP contribution >= 0.6 is 0 Å². The number of ether oxygens (including phenoxy) is 1. The molecule has 0 spiro atoms. The predicted octanol–water partition coefficient (Wildman–Crippen LogP) is 4.37. The minimum atomic E-state index is 0.205. The number of carbonyl (C=O) groups is 1. The van der Waals surface area contributed by atoms with Crippen LogP contribution in [-0.2, 0) is 11.3 Å². The van der Waals surface area contributed by atoms with Crippen LogP contribution in [0.1, 0.15) is 43.8 Å². The molecule has 0 N–H and O–H groups in total. The first kappa shape index (κ1) is 18.2. The van der Waals surface area contributed by atoms with Crippen LogP contribution in [-0.4, -0.2) is 39.6 Å². The second-order valence-corrected chi connectivity index (χ2v) is 8.16. The number of para-hydroxylation sites is 3. The van der Waals surface area contributed by atoms with Crippen molar-refractivity contribution in [1.29, 1.82) is 0 Å². The van der Waals surface area contributed by atoms with Crippen molar-refractivity contribution < 1.29 is 9.53 Å². The number of rotatable bonds is 8. The zero-order valence-electron chi connectivity index (χ0n) is 16.7. The van der Waals surface area contributed by atoms with Crippen molar-refractivity contribution in [2.75, 3.05) is 13.2 Å². The number of likely N-dealkylation sites (tertiary alicyclic amines) is 1. The van der Waals surface area contributed by atoms with Crippen molar-refractivity contribution >= 4 is 16.9 Å². The Labute approximate surface area is 171 Å². The highest BCUT2D eigenvalue weighted by Gasteiger charge is 2.41. The summed E-state index contributed by atoms with van der Waals surface area (Å²) in [5, 5.41) is 0. The van der Waals surface area contributed by atoms with Crippen LogP contribution in [0.15, 0.2) is 54.6 Å². The lowest BCUT2D eigenvalue weighted by Crippen LogP contribution is -2.27. The third-order valence-electron chi connectivity index (χ3n) is 5.98. The standard InChI is InChI=1S/C24H27N3O2/c28-23-16-18(17-27(23)19-12-13-19)24-25-21-10-4-5-11-22(21)26(24)14-6-7-15-29-20-8-2-1-3-9-20/h1-5,8-11,18-19H,6-7,12-17H2. The van der Waals surface area contributed by atoms with Gasteiger partial charge in [-0.2, -0.15) is 0 Å². The van der Waals surface area contributed by atoms with E-state index in [4.69, 9.17) is 9.72 Å². The maximum Gasteiger partial charge on any atom is 0.223 e. The summed E-state index contributed by atoms with van der Waals surface area (Å²) in [6.07, 6.45) is 4.93. The molecule has 2 heterocycles. The molecule has 1 aromatic heterocycles. The third-order valence-corrected chi connectivity index (χ3v) is 5.98. The zero-order valence-corrected chi connectivity index (χ0v) is 16.7. The number of imidazole rings is 1. The van der Waals surface area contributed by atoms with Crippen LogP contribution in [0.3, 0.4) is 0 Å². The lowest BCUT2D eigenvalue weighted by atomic mass is 10.1. The van der Waals surface area contributed by atoms with Crippen molar-refractivity contribution in [2.45, 2.75) is 50.6 Å². The van der Waals surface area contributed by atoms with Crippen molar-refractivity contribution in [2.24, 2.45) is 0 Å². The van der Waals surface area contributed by atoms with Gasteiger partial charge in [-0.05, 0) is 49.9 Å². The molecule has 0 radical (unpaired) electrons. The van der Waals surface area contributed by atoms with E-state index in [0.717, 1.165) is 55.9 Å². The summed E-state index contributed by atoms with van der Waals surface area (Å²) >= 11 is 0. The number of aromatic nitrogens is 2. The largest absolute Gasteiger partial charge is 0.494 e. The van der Waals surface area contributed by atoms with E-state index in [0.29, 0.717) is 25.0 Å². The number of fused-ring (bicyclic) bond motifs is 1. The van der Waals surface area contributed by atoms with E-state index in [1.165, 1.54) is 5.52 Å². The highest BCUT2D eigenvalue weighted by atomic mass is 16.5. The van der Waals surface area contributed by atoms with Crippen molar-refractivity contribution in [3.63, 3.8) is 0 Å². The van der Waals surface area contributed by atoms with Gasteiger partial charge in [-0.15, -0.1) is 0 Å². The van der Waals surface area contributed by atoms with Gasteiger partial charge in [0.1, 0.15) is 11.6 Å². The highest BCUT2D eigenvalue weighted by molar-refractivity contribution is 5.81. The topological polar surface area (TPSA) is 47.4 Å². The number of amides is 1. The van der Waals surface area contributed by atoms with Crippen LogP contribution in [0.5, 0.6) is 5.75 Å².